The lowest BCUT2D eigenvalue weighted by Crippen LogP contribution is -2.30. The Balaban J connectivity index is 5.23. The molecule has 19 heteroatoms. The Morgan fingerprint density at radius 1 is 0.289 bits per heavy atom. The minimum atomic E-state index is -4.96. The second kappa shape index (κ2) is 69.8. The standard InChI is InChI=1S/C78H152O17P2/c1-7-11-13-15-17-19-21-23-24-25-26-27-28-29-31-33-39-43-51-57-63-77(82)94-73(66-88-75(80)60-54-48-41-37-35-34-36-40-46-52-58-70(5)9-3)68-92-96(84,85)90-64-72(79)65-91-97(86,87)93-69-74(67-89-76(81)61-55-49-45-44-47-53-59-71(6)10-4)95-78(83)62-56-50-42-38-32-30-22-20-18-16-14-12-8-2/h70-74,79H,7-69H2,1-6H3,(H,84,85)(H,86,87)/t70?,71?,72-,73-,74-/m1/s1. The smallest absolute Gasteiger partial charge is 0.462 e. The van der Waals surface area contributed by atoms with Crippen molar-refractivity contribution in [1.29, 1.82) is 0 Å². The van der Waals surface area contributed by atoms with Crippen molar-refractivity contribution in [3.05, 3.63) is 0 Å². The monoisotopic (exact) mass is 1420 g/mol. The highest BCUT2D eigenvalue weighted by atomic mass is 31.2. The summed E-state index contributed by atoms with van der Waals surface area (Å²) in [5.41, 5.74) is 0. The van der Waals surface area contributed by atoms with E-state index in [2.05, 4.69) is 41.5 Å². The number of phosphoric ester groups is 2. The fraction of sp³-hybridized carbons (Fsp3) is 0.949. The van der Waals surface area contributed by atoms with E-state index in [0.29, 0.717) is 25.7 Å². The summed E-state index contributed by atoms with van der Waals surface area (Å²) in [6.45, 7) is 9.60. The molecule has 0 aromatic heterocycles. The summed E-state index contributed by atoms with van der Waals surface area (Å²) in [6, 6.07) is 0. The molecule has 0 saturated heterocycles. The van der Waals surface area contributed by atoms with Crippen LogP contribution in [0.3, 0.4) is 0 Å². The van der Waals surface area contributed by atoms with Gasteiger partial charge in [0.2, 0.25) is 0 Å². The molecule has 97 heavy (non-hydrogen) atoms. The fourth-order valence-electron chi connectivity index (χ4n) is 11.9. The maximum absolute atomic E-state index is 13.1. The van der Waals surface area contributed by atoms with Crippen molar-refractivity contribution < 1.29 is 80.2 Å². The Bertz CT molecular complexity index is 1880. The minimum absolute atomic E-state index is 0.107. The first-order valence-electron chi connectivity index (χ1n) is 40.6. The Hall–Kier alpha value is -1.94. The quantitative estimate of drug-likeness (QED) is 0.0222. The van der Waals surface area contributed by atoms with Gasteiger partial charge < -0.3 is 33.8 Å². The third-order valence-corrected chi connectivity index (χ3v) is 20.8. The summed E-state index contributed by atoms with van der Waals surface area (Å²) in [4.78, 5) is 72.9. The lowest BCUT2D eigenvalue weighted by molar-refractivity contribution is -0.161. The highest BCUT2D eigenvalue weighted by Gasteiger charge is 2.30. The summed E-state index contributed by atoms with van der Waals surface area (Å²) in [5, 5.41) is 10.6. The minimum Gasteiger partial charge on any atom is -0.462 e. The third-order valence-electron chi connectivity index (χ3n) is 18.9. The second-order valence-electron chi connectivity index (χ2n) is 28.6. The molecule has 0 aromatic rings. The van der Waals surface area contributed by atoms with Gasteiger partial charge in [0.15, 0.2) is 12.2 Å². The number of phosphoric acid groups is 2. The van der Waals surface area contributed by atoms with Crippen LogP contribution in [0.1, 0.15) is 408 Å². The van der Waals surface area contributed by atoms with Crippen molar-refractivity contribution in [3.8, 4) is 0 Å². The van der Waals surface area contributed by atoms with Gasteiger partial charge in [0.1, 0.15) is 19.3 Å². The van der Waals surface area contributed by atoms with E-state index < -0.39 is 97.5 Å². The second-order valence-corrected chi connectivity index (χ2v) is 31.5. The van der Waals surface area contributed by atoms with Crippen molar-refractivity contribution in [1.82, 2.24) is 0 Å². The predicted molar refractivity (Wildman–Crippen MR) is 395 cm³/mol. The van der Waals surface area contributed by atoms with Gasteiger partial charge in [-0.3, -0.25) is 37.3 Å². The molecular weight excluding hydrogens is 1270 g/mol. The molecule has 576 valence electrons. The molecule has 0 saturated carbocycles. The zero-order chi connectivity index (χ0) is 71.4. The molecule has 0 radical (unpaired) electrons. The molecule has 0 bridgehead atoms. The van der Waals surface area contributed by atoms with Gasteiger partial charge in [0.05, 0.1) is 26.4 Å². The first kappa shape index (κ1) is 95.1. The lowest BCUT2D eigenvalue weighted by atomic mass is 9.99. The molecule has 7 atom stereocenters. The number of carbonyl (C=O) groups is 4. The van der Waals surface area contributed by atoms with E-state index in [-0.39, 0.29) is 25.7 Å². The highest BCUT2D eigenvalue weighted by Crippen LogP contribution is 2.45. The van der Waals surface area contributed by atoms with Crippen LogP contribution < -0.4 is 0 Å². The Labute approximate surface area is 594 Å². The summed E-state index contributed by atoms with van der Waals surface area (Å²) in [7, 11) is -9.91. The van der Waals surface area contributed by atoms with Crippen LogP contribution in [0.2, 0.25) is 0 Å². The number of aliphatic hydroxyl groups excluding tert-OH is 1. The molecule has 0 heterocycles. The Kier molecular flexibility index (Phi) is 68.4. The van der Waals surface area contributed by atoms with Crippen LogP contribution in [0.25, 0.3) is 0 Å². The van der Waals surface area contributed by atoms with Crippen molar-refractivity contribution in [3.63, 3.8) is 0 Å². The van der Waals surface area contributed by atoms with Gasteiger partial charge in [0, 0.05) is 25.7 Å². The fourth-order valence-corrected chi connectivity index (χ4v) is 13.5. The molecule has 0 rings (SSSR count). The summed E-state index contributed by atoms with van der Waals surface area (Å²) < 4.78 is 68.6. The molecule has 0 spiro atoms. The van der Waals surface area contributed by atoms with Gasteiger partial charge in [0.25, 0.3) is 0 Å². The maximum Gasteiger partial charge on any atom is 0.472 e. The third kappa shape index (κ3) is 69.5. The molecule has 3 N–H and O–H groups in total. The van der Waals surface area contributed by atoms with Gasteiger partial charge >= 0.3 is 39.5 Å². The van der Waals surface area contributed by atoms with Crippen LogP contribution in [-0.2, 0) is 65.4 Å². The molecule has 0 amide bonds. The van der Waals surface area contributed by atoms with E-state index in [1.54, 1.807) is 0 Å². The molecule has 0 aliphatic heterocycles. The largest absolute Gasteiger partial charge is 0.472 e. The van der Waals surface area contributed by atoms with E-state index >= 15 is 0 Å². The van der Waals surface area contributed by atoms with Gasteiger partial charge in [-0.25, -0.2) is 9.13 Å². The average molecular weight is 1420 g/mol. The van der Waals surface area contributed by atoms with Crippen LogP contribution in [0.15, 0.2) is 0 Å². The number of ether oxygens (including phenoxy) is 4. The number of hydrogen-bond donors (Lipinski definition) is 3. The lowest BCUT2D eigenvalue weighted by Gasteiger charge is -2.21. The van der Waals surface area contributed by atoms with Gasteiger partial charge in [-0.2, -0.15) is 0 Å². The Morgan fingerprint density at radius 2 is 0.495 bits per heavy atom. The maximum atomic E-state index is 13.1. The van der Waals surface area contributed by atoms with Crippen LogP contribution in [-0.4, -0.2) is 96.7 Å². The highest BCUT2D eigenvalue weighted by molar-refractivity contribution is 7.47. The molecule has 0 aliphatic rings. The van der Waals surface area contributed by atoms with E-state index in [4.69, 9.17) is 37.0 Å². The number of rotatable bonds is 77. The van der Waals surface area contributed by atoms with Crippen molar-refractivity contribution in [2.75, 3.05) is 39.6 Å². The first-order valence-corrected chi connectivity index (χ1v) is 43.6. The summed E-state index contributed by atoms with van der Waals surface area (Å²) in [5.74, 6) is -0.573. The molecule has 0 aliphatic carbocycles. The van der Waals surface area contributed by atoms with E-state index in [1.807, 2.05) is 0 Å². The van der Waals surface area contributed by atoms with Crippen LogP contribution in [0.4, 0.5) is 0 Å². The predicted octanol–water partition coefficient (Wildman–Crippen LogP) is 23.1. The Morgan fingerprint density at radius 3 is 0.732 bits per heavy atom. The number of aliphatic hydroxyl groups is 1. The van der Waals surface area contributed by atoms with Crippen molar-refractivity contribution in [2.45, 2.75) is 426 Å². The number of carbonyl (C=O) groups excluding carboxylic acids is 4. The van der Waals surface area contributed by atoms with E-state index in [1.165, 1.54) is 218 Å². The van der Waals surface area contributed by atoms with Crippen molar-refractivity contribution in [2.24, 2.45) is 11.8 Å². The summed E-state index contributed by atoms with van der Waals surface area (Å²) >= 11 is 0. The zero-order valence-electron chi connectivity index (χ0n) is 63.4. The number of unbranched alkanes of at least 4 members (excludes halogenated alkanes) is 45. The van der Waals surface area contributed by atoms with Gasteiger partial charge in [-0.15, -0.1) is 0 Å². The number of hydrogen-bond acceptors (Lipinski definition) is 15. The van der Waals surface area contributed by atoms with Crippen LogP contribution in [0, 0.1) is 11.8 Å². The topological polar surface area (TPSA) is 237 Å². The van der Waals surface area contributed by atoms with Gasteiger partial charge in [-0.05, 0) is 37.5 Å². The molecule has 4 unspecified atom stereocenters. The SMILES string of the molecule is CCCCCCCCCCCCCCCCCCCCCCC(=O)O[C@H](COC(=O)CCCCCCCCCCCCC(C)CC)COP(=O)(O)OC[C@@H](O)COP(=O)(O)OC[C@@H](COC(=O)CCCCCCCCC(C)CC)OC(=O)CCCCCCCCCCCCCCC. The average Bonchev–Trinajstić information content (AvgIpc) is 1.05. The normalized spacial score (nSPS) is 14.5. The van der Waals surface area contributed by atoms with E-state index in [9.17, 15) is 43.2 Å². The van der Waals surface area contributed by atoms with Gasteiger partial charge in [-0.1, -0.05) is 356 Å². The van der Waals surface area contributed by atoms with Crippen LogP contribution in [0.5, 0.6) is 0 Å². The molecule has 17 nitrogen and oxygen atoms in total. The number of esters is 4. The van der Waals surface area contributed by atoms with Crippen molar-refractivity contribution >= 4 is 39.5 Å². The first-order chi connectivity index (χ1) is 46.9. The molecule has 0 aromatic carbocycles. The molecular formula is C78H152O17P2. The van der Waals surface area contributed by atoms with E-state index in [0.717, 1.165) is 108 Å². The van der Waals surface area contributed by atoms with Crippen LogP contribution >= 0.6 is 15.6 Å². The summed E-state index contributed by atoms with van der Waals surface area (Å²) in [6.07, 6.45) is 58.2. The molecule has 0 fully saturated rings. The zero-order valence-corrected chi connectivity index (χ0v) is 65.2.